The fourth-order valence-corrected chi connectivity index (χ4v) is 7.75. The lowest BCUT2D eigenvalue weighted by molar-refractivity contribution is -0.175. The van der Waals surface area contributed by atoms with E-state index in [0.717, 1.165) is 37.7 Å². The van der Waals surface area contributed by atoms with Gasteiger partial charge in [-0.1, -0.05) is 26.0 Å². The molecule has 5 heteroatoms. The predicted molar refractivity (Wildman–Crippen MR) is 113 cm³/mol. The van der Waals surface area contributed by atoms with Crippen LogP contribution in [0.2, 0.25) is 0 Å². The molecular weight excluding hydrogens is 380 g/mol. The molecule has 3 fully saturated rings. The summed E-state index contributed by atoms with van der Waals surface area (Å²) in [7, 11) is 1.63. The minimum atomic E-state index is -0.904. The van der Waals surface area contributed by atoms with E-state index in [1.807, 2.05) is 6.08 Å². The molecule has 0 aromatic heterocycles. The van der Waals surface area contributed by atoms with E-state index in [0.29, 0.717) is 30.6 Å². The number of carbonyl (C=O) groups is 3. The molecule has 0 aromatic carbocycles. The second kappa shape index (κ2) is 7.15. The molecule has 3 saturated carbocycles. The molecule has 164 valence electrons. The van der Waals surface area contributed by atoms with Crippen LogP contribution >= 0.6 is 0 Å². The van der Waals surface area contributed by atoms with Gasteiger partial charge in [-0.25, -0.2) is 0 Å². The van der Waals surface area contributed by atoms with Gasteiger partial charge in [-0.05, 0) is 73.3 Å². The lowest BCUT2D eigenvalue weighted by Gasteiger charge is -2.59. The van der Waals surface area contributed by atoms with Crippen molar-refractivity contribution in [1.82, 2.24) is 0 Å². The van der Waals surface area contributed by atoms with E-state index in [9.17, 15) is 14.4 Å². The van der Waals surface area contributed by atoms with Crippen LogP contribution < -0.4 is 0 Å². The van der Waals surface area contributed by atoms with Crippen molar-refractivity contribution in [3.63, 3.8) is 0 Å². The lowest BCUT2D eigenvalue weighted by atomic mass is 9.45. The first-order valence-corrected chi connectivity index (χ1v) is 11.2. The number of hydrogen-bond acceptors (Lipinski definition) is 5. The minimum Gasteiger partial charge on any atom is -0.458 e. The number of hydrogen-bond donors (Lipinski definition) is 0. The molecule has 4 rings (SSSR count). The Morgan fingerprint density at radius 2 is 1.87 bits per heavy atom. The fourth-order valence-electron chi connectivity index (χ4n) is 7.75. The maximum atomic E-state index is 13.2. The first-order valence-electron chi connectivity index (χ1n) is 11.2. The second-order valence-electron chi connectivity index (χ2n) is 10.4. The van der Waals surface area contributed by atoms with Crippen molar-refractivity contribution >= 4 is 17.5 Å². The van der Waals surface area contributed by atoms with Crippen molar-refractivity contribution in [2.45, 2.75) is 71.3 Å². The number of carbonyl (C=O) groups excluding carboxylic acids is 3. The number of Topliss-reactive ketones (excluding diaryl/α,β-unsaturated/α-hetero) is 1. The summed E-state index contributed by atoms with van der Waals surface area (Å²) in [4.78, 5) is 36.6. The number of allylic oxidation sites excluding steroid dienone is 2. The number of esters is 1. The molecule has 0 N–H and O–H groups in total. The van der Waals surface area contributed by atoms with Gasteiger partial charge in [0.1, 0.15) is 5.60 Å². The van der Waals surface area contributed by atoms with E-state index >= 15 is 0 Å². The Balaban J connectivity index is 1.67. The van der Waals surface area contributed by atoms with Crippen LogP contribution in [0.25, 0.3) is 0 Å². The quantitative estimate of drug-likeness (QED) is 0.645. The molecule has 6 atom stereocenters. The SMILES string of the molecule is C=C1C[C@@H]2[C@H](CC[C@@]3(C)[C@H]2CC[C@]3(OC)C(=O)COC(C)=O)[C@@]2(C)CCC(=O)C=C12. The molecule has 0 radical (unpaired) electrons. The summed E-state index contributed by atoms with van der Waals surface area (Å²) in [5, 5.41) is 0. The zero-order valence-electron chi connectivity index (χ0n) is 18.7. The third-order valence-electron chi connectivity index (χ3n) is 9.25. The van der Waals surface area contributed by atoms with Gasteiger partial charge in [0.25, 0.3) is 0 Å². The number of fused-ring (bicyclic) bond motifs is 5. The summed E-state index contributed by atoms with van der Waals surface area (Å²) in [6, 6.07) is 0. The number of ether oxygens (including phenoxy) is 2. The van der Waals surface area contributed by atoms with Crippen LogP contribution in [0, 0.1) is 28.6 Å². The molecule has 0 aromatic rings. The van der Waals surface area contributed by atoms with Crippen molar-refractivity contribution in [1.29, 1.82) is 0 Å². The van der Waals surface area contributed by atoms with Crippen LogP contribution in [-0.4, -0.2) is 36.9 Å². The second-order valence-corrected chi connectivity index (χ2v) is 10.4. The normalized spacial score (nSPS) is 42.7. The zero-order chi connectivity index (χ0) is 21.9. The molecule has 0 amide bonds. The molecule has 30 heavy (non-hydrogen) atoms. The highest BCUT2D eigenvalue weighted by atomic mass is 16.5. The summed E-state index contributed by atoms with van der Waals surface area (Å²) >= 11 is 0. The van der Waals surface area contributed by atoms with Crippen LogP contribution in [0.3, 0.4) is 0 Å². The van der Waals surface area contributed by atoms with Gasteiger partial charge in [0.05, 0.1) is 0 Å². The zero-order valence-corrected chi connectivity index (χ0v) is 18.7. The fraction of sp³-hybridized carbons (Fsp3) is 0.720. The Morgan fingerprint density at radius 3 is 2.53 bits per heavy atom. The first kappa shape index (κ1) is 21.5. The number of ketones is 2. The van der Waals surface area contributed by atoms with E-state index in [1.165, 1.54) is 12.5 Å². The highest BCUT2D eigenvalue weighted by Crippen LogP contribution is 2.68. The molecule has 0 bridgehead atoms. The van der Waals surface area contributed by atoms with Gasteiger partial charge < -0.3 is 9.47 Å². The van der Waals surface area contributed by atoms with Crippen molar-refractivity contribution in [3.05, 3.63) is 23.8 Å². The van der Waals surface area contributed by atoms with Gasteiger partial charge in [-0.2, -0.15) is 0 Å². The smallest absolute Gasteiger partial charge is 0.303 e. The summed E-state index contributed by atoms with van der Waals surface area (Å²) in [5.41, 5.74) is 1.07. The maximum absolute atomic E-state index is 13.2. The Kier molecular flexibility index (Phi) is 5.12. The first-order chi connectivity index (χ1) is 14.1. The summed E-state index contributed by atoms with van der Waals surface area (Å²) < 4.78 is 11.1. The molecular formula is C25H34O5. The standard InChI is InChI=1S/C25H34O5/c1-15-12-18-19(23(3)9-6-17(27)13-21(15)23)7-10-24(4)20(18)8-11-25(24,29-5)22(28)14-30-16(2)26/h13,18-20H,1,6-12,14H2,2-5H3/t18-,19+,20+,23-,24+,25+/m1/s1. The molecule has 0 heterocycles. The monoisotopic (exact) mass is 414 g/mol. The van der Waals surface area contributed by atoms with Gasteiger partial charge in [0, 0.05) is 25.9 Å². The molecule has 0 aliphatic heterocycles. The molecule has 4 aliphatic carbocycles. The van der Waals surface area contributed by atoms with Crippen molar-refractivity contribution in [2.75, 3.05) is 13.7 Å². The van der Waals surface area contributed by atoms with E-state index in [1.54, 1.807) is 7.11 Å². The summed E-state index contributed by atoms with van der Waals surface area (Å²) in [6.45, 7) is 10.00. The number of methoxy groups -OCH3 is 1. The largest absolute Gasteiger partial charge is 0.458 e. The Hall–Kier alpha value is -1.75. The van der Waals surface area contributed by atoms with Crippen molar-refractivity contribution in [2.24, 2.45) is 28.6 Å². The van der Waals surface area contributed by atoms with Gasteiger partial charge >= 0.3 is 5.97 Å². The van der Waals surface area contributed by atoms with Gasteiger partial charge in [-0.15, -0.1) is 0 Å². The summed E-state index contributed by atoms with van der Waals surface area (Å²) in [5.74, 6) is 0.944. The van der Waals surface area contributed by atoms with E-state index in [2.05, 4.69) is 20.4 Å². The van der Waals surface area contributed by atoms with Crippen LogP contribution in [0.5, 0.6) is 0 Å². The highest BCUT2D eigenvalue weighted by Gasteiger charge is 2.67. The van der Waals surface area contributed by atoms with Crippen LogP contribution in [0.4, 0.5) is 0 Å². The van der Waals surface area contributed by atoms with Gasteiger partial charge in [0.15, 0.2) is 12.4 Å². The van der Waals surface area contributed by atoms with Crippen LogP contribution in [0.15, 0.2) is 23.8 Å². The van der Waals surface area contributed by atoms with Crippen LogP contribution in [0.1, 0.15) is 65.7 Å². The topological polar surface area (TPSA) is 69.7 Å². The third-order valence-corrected chi connectivity index (χ3v) is 9.25. The van der Waals surface area contributed by atoms with Crippen molar-refractivity contribution in [3.8, 4) is 0 Å². The highest BCUT2D eigenvalue weighted by molar-refractivity contribution is 5.93. The van der Waals surface area contributed by atoms with Gasteiger partial charge in [0.2, 0.25) is 5.78 Å². The minimum absolute atomic E-state index is 0.00465. The predicted octanol–water partition coefficient (Wildman–Crippen LogP) is 4.20. The molecule has 0 saturated heterocycles. The average molecular weight is 415 g/mol. The molecule has 0 unspecified atom stereocenters. The Morgan fingerprint density at radius 1 is 1.17 bits per heavy atom. The average Bonchev–Trinajstić information content (AvgIpc) is 3.01. The van der Waals surface area contributed by atoms with Gasteiger partial charge in [-0.3, -0.25) is 14.4 Å². The Bertz CT molecular complexity index is 840. The van der Waals surface area contributed by atoms with Crippen LogP contribution in [-0.2, 0) is 23.9 Å². The number of rotatable bonds is 4. The molecule has 0 spiro atoms. The molecule has 4 aliphatic rings. The maximum Gasteiger partial charge on any atom is 0.303 e. The summed E-state index contributed by atoms with van der Waals surface area (Å²) in [6.07, 6.45) is 7.76. The van der Waals surface area contributed by atoms with E-state index < -0.39 is 11.6 Å². The van der Waals surface area contributed by atoms with E-state index in [-0.39, 0.29) is 29.0 Å². The lowest BCUT2D eigenvalue weighted by Crippen LogP contribution is -2.59. The van der Waals surface area contributed by atoms with Crippen molar-refractivity contribution < 1.29 is 23.9 Å². The van der Waals surface area contributed by atoms with E-state index in [4.69, 9.17) is 9.47 Å². The molecule has 5 nitrogen and oxygen atoms in total. The third kappa shape index (κ3) is 2.80. The Labute approximate surface area is 179 Å².